The summed E-state index contributed by atoms with van der Waals surface area (Å²) in [5, 5.41) is 1.75. The van der Waals surface area contributed by atoms with Gasteiger partial charge < -0.3 is 10.1 Å². The third-order valence-corrected chi connectivity index (χ3v) is 6.18. The van der Waals surface area contributed by atoms with Gasteiger partial charge >= 0.3 is 5.97 Å². The van der Waals surface area contributed by atoms with Gasteiger partial charge in [0, 0.05) is 12.5 Å². The van der Waals surface area contributed by atoms with E-state index in [0.717, 1.165) is 16.0 Å². The second-order valence-electron chi connectivity index (χ2n) is 7.79. The van der Waals surface area contributed by atoms with Crippen LogP contribution in [0.4, 0.5) is 10.1 Å². The van der Waals surface area contributed by atoms with Crippen molar-refractivity contribution in [2.45, 2.75) is 25.4 Å². The molecule has 2 aromatic carbocycles. The van der Waals surface area contributed by atoms with Gasteiger partial charge in [0.2, 0.25) is 17.4 Å². The van der Waals surface area contributed by atoms with Gasteiger partial charge in [0.1, 0.15) is 23.7 Å². The van der Waals surface area contributed by atoms with Crippen LogP contribution < -0.4 is 10.2 Å². The quantitative estimate of drug-likeness (QED) is 0.629. The number of imide groups is 1. The van der Waals surface area contributed by atoms with Crippen molar-refractivity contribution >= 4 is 23.5 Å². The first kappa shape index (κ1) is 19.3. The lowest BCUT2D eigenvalue weighted by Crippen LogP contribution is -2.97. The van der Waals surface area contributed by atoms with E-state index >= 15 is 0 Å². The number of rotatable bonds is 3. The van der Waals surface area contributed by atoms with Crippen LogP contribution in [0.3, 0.4) is 0 Å². The van der Waals surface area contributed by atoms with Crippen LogP contribution in [0.15, 0.2) is 48.5 Å². The molecule has 4 rings (SSSR count). The number of quaternary nitrogens is 1. The lowest BCUT2D eigenvalue weighted by Gasteiger charge is -2.26. The monoisotopic (exact) mass is 397 g/mol. The number of carbonyl (C=O) groups excluding carboxylic acids is 3. The number of para-hydroxylation sites is 1. The third kappa shape index (κ3) is 2.68. The van der Waals surface area contributed by atoms with Gasteiger partial charge in [-0.3, -0.25) is 9.59 Å². The van der Waals surface area contributed by atoms with E-state index < -0.39 is 47.0 Å². The van der Waals surface area contributed by atoms with Crippen LogP contribution in [0.2, 0.25) is 0 Å². The molecule has 2 N–H and O–H groups in total. The van der Waals surface area contributed by atoms with Crippen molar-refractivity contribution in [3.05, 3.63) is 65.5 Å². The van der Waals surface area contributed by atoms with E-state index in [4.69, 9.17) is 4.74 Å². The normalized spacial score (nSPS) is 28.6. The van der Waals surface area contributed by atoms with Gasteiger partial charge in [-0.05, 0) is 24.6 Å². The standard InChI is InChI=1S/C22H21FN2O4/c1-12-8-4-5-9-13(12)18-16-17(22(2,24-18)21(28)29-3)20(27)25(19(16)26)15-11-7-6-10-14(15)23/h4-11,16-18,24H,1-3H3/p+1/t16-,17+,18+,22+/m1/s1. The maximum absolute atomic E-state index is 14.4. The van der Waals surface area contributed by atoms with Gasteiger partial charge in [-0.15, -0.1) is 0 Å². The summed E-state index contributed by atoms with van der Waals surface area (Å²) in [5.74, 6) is -4.07. The number of halogens is 1. The maximum atomic E-state index is 14.4. The predicted molar refractivity (Wildman–Crippen MR) is 102 cm³/mol. The Labute approximate surface area is 167 Å². The zero-order valence-electron chi connectivity index (χ0n) is 16.4. The highest BCUT2D eigenvalue weighted by atomic mass is 19.1. The number of nitrogens with zero attached hydrogens (tertiary/aromatic N) is 1. The Hall–Kier alpha value is -3.06. The molecule has 4 atom stereocenters. The number of aryl methyl sites for hydroxylation is 1. The van der Waals surface area contributed by atoms with Crippen molar-refractivity contribution in [3.8, 4) is 0 Å². The summed E-state index contributed by atoms with van der Waals surface area (Å²) < 4.78 is 19.4. The minimum absolute atomic E-state index is 0.0901. The van der Waals surface area contributed by atoms with Crippen LogP contribution >= 0.6 is 0 Å². The Morgan fingerprint density at radius 2 is 1.76 bits per heavy atom. The van der Waals surface area contributed by atoms with Crippen LogP contribution in [0.25, 0.3) is 0 Å². The molecule has 2 amide bonds. The summed E-state index contributed by atoms with van der Waals surface area (Å²) in [4.78, 5) is 40.4. The predicted octanol–water partition coefficient (Wildman–Crippen LogP) is 1.49. The lowest BCUT2D eigenvalue weighted by atomic mass is 9.80. The topological polar surface area (TPSA) is 80.3 Å². The van der Waals surface area contributed by atoms with Crippen LogP contribution in [0.1, 0.15) is 24.1 Å². The van der Waals surface area contributed by atoms with Crippen molar-refractivity contribution in [2.75, 3.05) is 12.0 Å². The molecule has 2 aliphatic rings. The highest BCUT2D eigenvalue weighted by Gasteiger charge is 2.71. The van der Waals surface area contributed by atoms with Gasteiger partial charge in [-0.2, -0.15) is 0 Å². The number of carbonyl (C=O) groups is 3. The number of methoxy groups -OCH3 is 1. The average molecular weight is 397 g/mol. The third-order valence-electron chi connectivity index (χ3n) is 6.18. The van der Waals surface area contributed by atoms with Crippen LogP contribution in [-0.4, -0.2) is 30.4 Å². The number of fused-ring (bicyclic) bond motifs is 1. The first-order valence-corrected chi connectivity index (χ1v) is 9.43. The molecule has 0 radical (unpaired) electrons. The highest BCUT2D eigenvalue weighted by molar-refractivity contribution is 6.23. The minimum Gasteiger partial charge on any atom is -0.464 e. The molecular weight excluding hydrogens is 375 g/mol. The van der Waals surface area contributed by atoms with E-state index in [-0.39, 0.29) is 5.69 Å². The number of amides is 2. The van der Waals surface area contributed by atoms with Crippen LogP contribution in [0.5, 0.6) is 0 Å². The van der Waals surface area contributed by atoms with Crippen LogP contribution in [-0.2, 0) is 19.1 Å². The molecule has 2 aromatic rings. The molecule has 6 nitrogen and oxygen atoms in total. The van der Waals surface area contributed by atoms with Crippen molar-refractivity contribution < 1.29 is 28.8 Å². The number of ether oxygens (including phenoxy) is 1. The Kier molecular flexibility index (Phi) is 4.50. The molecule has 150 valence electrons. The molecule has 0 aliphatic carbocycles. The fraction of sp³-hybridized carbons (Fsp3) is 0.318. The molecule has 0 saturated carbocycles. The van der Waals surface area contributed by atoms with E-state index in [1.165, 1.54) is 25.3 Å². The second-order valence-corrected chi connectivity index (χ2v) is 7.79. The molecule has 2 saturated heterocycles. The highest BCUT2D eigenvalue weighted by Crippen LogP contribution is 2.46. The molecule has 2 heterocycles. The van der Waals surface area contributed by atoms with Crippen molar-refractivity contribution in [1.82, 2.24) is 0 Å². The lowest BCUT2D eigenvalue weighted by molar-refractivity contribution is -0.730. The molecule has 2 fully saturated rings. The maximum Gasteiger partial charge on any atom is 0.368 e. The molecule has 2 aliphatic heterocycles. The Bertz CT molecular complexity index is 1020. The number of anilines is 1. The molecular formula is C22H22FN2O4+. The number of hydrogen-bond acceptors (Lipinski definition) is 4. The fourth-order valence-electron chi connectivity index (χ4n) is 4.79. The van der Waals surface area contributed by atoms with Gasteiger partial charge in [-0.25, -0.2) is 14.1 Å². The summed E-state index contributed by atoms with van der Waals surface area (Å²) >= 11 is 0. The molecule has 7 heteroatoms. The van der Waals surface area contributed by atoms with Crippen molar-refractivity contribution in [1.29, 1.82) is 0 Å². The summed E-state index contributed by atoms with van der Waals surface area (Å²) in [6, 6.07) is 12.8. The summed E-state index contributed by atoms with van der Waals surface area (Å²) in [5.41, 5.74) is 0.435. The Morgan fingerprint density at radius 3 is 2.41 bits per heavy atom. The first-order chi connectivity index (χ1) is 13.8. The smallest absolute Gasteiger partial charge is 0.368 e. The molecule has 0 spiro atoms. The molecule has 29 heavy (non-hydrogen) atoms. The fourth-order valence-corrected chi connectivity index (χ4v) is 4.79. The summed E-state index contributed by atoms with van der Waals surface area (Å²) in [7, 11) is 1.26. The molecule has 0 unspecified atom stereocenters. The Balaban J connectivity index is 1.87. The summed E-state index contributed by atoms with van der Waals surface area (Å²) in [6.45, 7) is 3.53. The zero-order chi connectivity index (χ0) is 20.9. The number of esters is 1. The number of benzene rings is 2. The molecule has 0 bridgehead atoms. The van der Waals surface area contributed by atoms with Gasteiger partial charge in [0.15, 0.2) is 0 Å². The number of nitrogens with two attached hydrogens (primary N) is 1. The van der Waals surface area contributed by atoms with Crippen molar-refractivity contribution in [3.63, 3.8) is 0 Å². The number of hydrogen-bond donors (Lipinski definition) is 1. The van der Waals surface area contributed by atoms with Crippen molar-refractivity contribution in [2.24, 2.45) is 11.8 Å². The van der Waals surface area contributed by atoms with Gasteiger partial charge in [-0.1, -0.05) is 36.4 Å². The van der Waals surface area contributed by atoms with Gasteiger partial charge in [0.05, 0.1) is 12.8 Å². The summed E-state index contributed by atoms with van der Waals surface area (Å²) in [6.07, 6.45) is 0. The SMILES string of the molecule is COC(=O)[C@@]1(C)[NH2+][C@@H](c2ccccc2C)[C@@H]2C(=O)N(c3ccccc3F)C(=O)[C@H]21. The minimum atomic E-state index is -1.29. The largest absolute Gasteiger partial charge is 0.464 e. The van der Waals surface area contributed by atoms with E-state index in [0.29, 0.717) is 0 Å². The zero-order valence-corrected chi connectivity index (χ0v) is 16.4. The van der Waals surface area contributed by atoms with E-state index in [2.05, 4.69) is 0 Å². The van der Waals surface area contributed by atoms with E-state index in [1.54, 1.807) is 18.3 Å². The second kappa shape index (κ2) is 6.77. The first-order valence-electron chi connectivity index (χ1n) is 9.43. The van der Waals surface area contributed by atoms with Crippen LogP contribution in [0, 0.1) is 24.6 Å². The average Bonchev–Trinajstić information content (AvgIpc) is 3.16. The van der Waals surface area contributed by atoms with Gasteiger partial charge in [0.25, 0.3) is 0 Å². The molecule has 0 aromatic heterocycles. The Morgan fingerprint density at radius 1 is 1.10 bits per heavy atom. The van der Waals surface area contributed by atoms with E-state index in [1.807, 2.05) is 31.2 Å². The van der Waals surface area contributed by atoms with E-state index in [9.17, 15) is 18.8 Å².